The normalized spacial score (nSPS) is 26.0. The first-order valence-electron chi connectivity index (χ1n) is 10.9. The summed E-state index contributed by atoms with van der Waals surface area (Å²) in [4.78, 5) is 21.2. The molecule has 0 spiro atoms. The molecular formula is C24H27BrN4O2. The van der Waals surface area contributed by atoms with Crippen molar-refractivity contribution in [3.8, 4) is 0 Å². The minimum absolute atomic E-state index is 0.171. The van der Waals surface area contributed by atoms with Crippen LogP contribution in [0.2, 0.25) is 0 Å². The maximum Gasteiger partial charge on any atom is 0.315 e. The molecule has 1 atom stereocenters. The molecule has 0 radical (unpaired) electrons. The fourth-order valence-electron chi connectivity index (χ4n) is 5.00. The number of fused-ring (bicyclic) bond motifs is 4. The Morgan fingerprint density at radius 3 is 2.42 bits per heavy atom. The number of para-hydroxylation sites is 2. The van der Waals surface area contributed by atoms with Crippen LogP contribution in [-0.4, -0.2) is 32.2 Å². The molecule has 3 fully saturated rings. The van der Waals surface area contributed by atoms with Crippen LogP contribution in [0.15, 0.2) is 53.0 Å². The van der Waals surface area contributed by atoms with Gasteiger partial charge in [0, 0.05) is 10.0 Å². The molecule has 1 unspecified atom stereocenters. The van der Waals surface area contributed by atoms with E-state index in [1.807, 2.05) is 36.4 Å². The van der Waals surface area contributed by atoms with E-state index in [0.29, 0.717) is 6.42 Å². The Hall–Kier alpha value is -2.38. The number of hydrogen-bond donors (Lipinski definition) is 4. The standard InChI is InChI=1S/C24H27BrN4O2/c25-17-7-5-16(6-8-17)15-20(21-26-18-3-1-2-4-19(18)27-21)28-22(30)29-23-9-12-24(31,13-10-23)14-11-23/h1-8,20,31H,9-15H2,(H,26,27)(H2,28,29,30). The number of urea groups is 1. The lowest BCUT2D eigenvalue weighted by molar-refractivity contribution is -0.0694. The zero-order valence-electron chi connectivity index (χ0n) is 17.3. The summed E-state index contributed by atoms with van der Waals surface area (Å²) >= 11 is 3.48. The summed E-state index contributed by atoms with van der Waals surface area (Å²) in [6, 6.07) is 15.6. The van der Waals surface area contributed by atoms with Gasteiger partial charge >= 0.3 is 6.03 Å². The molecule has 31 heavy (non-hydrogen) atoms. The number of carbonyl (C=O) groups excluding carboxylic acids is 1. The lowest BCUT2D eigenvalue weighted by Gasteiger charge is -2.51. The molecule has 3 aliphatic carbocycles. The Balaban J connectivity index is 1.36. The van der Waals surface area contributed by atoms with E-state index in [2.05, 4.69) is 43.7 Å². The Morgan fingerprint density at radius 1 is 1.06 bits per heavy atom. The summed E-state index contributed by atoms with van der Waals surface area (Å²) in [5.74, 6) is 0.749. The summed E-state index contributed by atoms with van der Waals surface area (Å²) in [6.45, 7) is 0. The first-order valence-corrected chi connectivity index (χ1v) is 11.7. The third-order valence-corrected chi connectivity index (χ3v) is 7.51. The number of benzene rings is 2. The van der Waals surface area contributed by atoms with Crippen molar-refractivity contribution < 1.29 is 9.90 Å². The van der Waals surface area contributed by atoms with E-state index in [1.54, 1.807) is 0 Å². The average Bonchev–Trinajstić information content (AvgIpc) is 3.20. The number of rotatable bonds is 5. The van der Waals surface area contributed by atoms with E-state index in [-0.39, 0.29) is 17.6 Å². The van der Waals surface area contributed by atoms with Gasteiger partial charge in [-0.25, -0.2) is 9.78 Å². The number of aliphatic hydroxyl groups is 1. The number of aromatic amines is 1. The first kappa shape index (κ1) is 20.5. The van der Waals surface area contributed by atoms with E-state index >= 15 is 0 Å². The minimum atomic E-state index is -0.516. The molecule has 2 aromatic carbocycles. The van der Waals surface area contributed by atoms with E-state index in [9.17, 15) is 9.90 Å². The molecule has 0 aliphatic heterocycles. The van der Waals surface area contributed by atoms with Crippen molar-refractivity contribution in [2.75, 3.05) is 0 Å². The third kappa shape index (κ3) is 4.34. The van der Waals surface area contributed by atoms with Crippen LogP contribution >= 0.6 is 15.9 Å². The molecule has 3 saturated carbocycles. The fraction of sp³-hybridized carbons (Fsp3) is 0.417. The summed E-state index contributed by atoms with van der Waals surface area (Å²) in [7, 11) is 0. The molecule has 6 rings (SSSR count). The number of halogens is 1. The molecule has 0 saturated heterocycles. The highest BCUT2D eigenvalue weighted by Crippen LogP contribution is 2.46. The van der Waals surface area contributed by atoms with E-state index in [4.69, 9.17) is 4.98 Å². The van der Waals surface area contributed by atoms with Gasteiger partial charge in [-0.15, -0.1) is 0 Å². The number of aromatic nitrogens is 2. The quantitative estimate of drug-likeness (QED) is 0.423. The Kier molecular flexibility index (Phi) is 5.26. The summed E-state index contributed by atoms with van der Waals surface area (Å²) < 4.78 is 1.02. The van der Waals surface area contributed by atoms with Gasteiger partial charge in [-0.1, -0.05) is 40.2 Å². The molecular weight excluding hydrogens is 456 g/mol. The van der Waals surface area contributed by atoms with Gasteiger partial charge in [0.2, 0.25) is 0 Å². The molecule has 1 aromatic heterocycles. The number of H-pyrrole nitrogens is 1. The van der Waals surface area contributed by atoms with Crippen molar-refractivity contribution in [1.82, 2.24) is 20.6 Å². The minimum Gasteiger partial charge on any atom is -0.390 e. The van der Waals surface area contributed by atoms with Crippen molar-refractivity contribution in [2.45, 2.75) is 62.1 Å². The van der Waals surface area contributed by atoms with Gasteiger partial charge in [0.05, 0.1) is 22.7 Å². The highest BCUT2D eigenvalue weighted by Gasteiger charge is 2.48. The topological polar surface area (TPSA) is 90.0 Å². The van der Waals surface area contributed by atoms with Crippen molar-refractivity contribution in [1.29, 1.82) is 0 Å². The largest absolute Gasteiger partial charge is 0.390 e. The van der Waals surface area contributed by atoms with Crippen molar-refractivity contribution >= 4 is 33.0 Å². The lowest BCUT2D eigenvalue weighted by atomic mass is 9.63. The zero-order valence-corrected chi connectivity index (χ0v) is 18.9. The maximum atomic E-state index is 13.1. The van der Waals surface area contributed by atoms with E-state index in [1.165, 1.54) is 0 Å². The van der Waals surface area contributed by atoms with Crippen LogP contribution in [0.4, 0.5) is 4.79 Å². The molecule has 3 aromatic rings. The number of nitrogens with one attached hydrogen (secondary N) is 3. The van der Waals surface area contributed by atoms with Crippen LogP contribution in [0.5, 0.6) is 0 Å². The second kappa shape index (κ2) is 7.95. The molecule has 3 aliphatic rings. The van der Waals surface area contributed by atoms with Crippen molar-refractivity contribution in [3.63, 3.8) is 0 Å². The van der Waals surface area contributed by atoms with Gasteiger partial charge in [-0.05, 0) is 74.8 Å². The Bertz CT molecular complexity index is 1040. The molecule has 1 heterocycles. The third-order valence-electron chi connectivity index (χ3n) is 6.98. The van der Waals surface area contributed by atoms with Crippen LogP contribution in [0.1, 0.15) is 56.0 Å². The summed E-state index contributed by atoms with van der Waals surface area (Å²) in [5.41, 5.74) is 2.24. The fourth-order valence-corrected chi connectivity index (χ4v) is 5.26. The second-order valence-corrected chi connectivity index (χ2v) is 10.0. The highest BCUT2D eigenvalue weighted by atomic mass is 79.9. The SMILES string of the molecule is O=C(NC(Cc1ccc(Br)cc1)c1nc2ccccc2[nH]1)NC12CCC(O)(CC1)CC2. The van der Waals surface area contributed by atoms with Gasteiger partial charge in [-0.3, -0.25) is 0 Å². The number of carbonyl (C=O) groups is 1. The zero-order chi connectivity index (χ0) is 21.5. The predicted molar refractivity (Wildman–Crippen MR) is 124 cm³/mol. The highest BCUT2D eigenvalue weighted by molar-refractivity contribution is 9.10. The van der Waals surface area contributed by atoms with Crippen molar-refractivity contribution in [3.05, 3.63) is 64.4 Å². The first-order chi connectivity index (χ1) is 14.9. The summed E-state index contributed by atoms with van der Waals surface area (Å²) in [6.07, 6.45) is 5.42. The average molecular weight is 483 g/mol. The number of imidazole rings is 1. The lowest BCUT2D eigenvalue weighted by Crippen LogP contribution is -2.60. The van der Waals surface area contributed by atoms with Crippen LogP contribution in [0.25, 0.3) is 11.0 Å². The number of amides is 2. The van der Waals surface area contributed by atoms with Crippen LogP contribution in [0, 0.1) is 0 Å². The Morgan fingerprint density at radius 2 is 1.74 bits per heavy atom. The molecule has 4 N–H and O–H groups in total. The molecule has 6 nitrogen and oxygen atoms in total. The molecule has 2 amide bonds. The van der Waals surface area contributed by atoms with Crippen LogP contribution < -0.4 is 10.6 Å². The molecule has 2 bridgehead atoms. The van der Waals surface area contributed by atoms with Crippen molar-refractivity contribution in [2.24, 2.45) is 0 Å². The van der Waals surface area contributed by atoms with Crippen LogP contribution in [-0.2, 0) is 6.42 Å². The second-order valence-electron chi connectivity index (χ2n) is 9.13. The van der Waals surface area contributed by atoms with Gasteiger partial charge in [-0.2, -0.15) is 0 Å². The summed E-state index contributed by atoms with van der Waals surface area (Å²) in [5, 5.41) is 16.9. The van der Waals surface area contributed by atoms with Gasteiger partial charge in [0.1, 0.15) is 5.82 Å². The maximum absolute atomic E-state index is 13.1. The molecule has 162 valence electrons. The van der Waals surface area contributed by atoms with Crippen LogP contribution in [0.3, 0.4) is 0 Å². The number of hydrogen-bond acceptors (Lipinski definition) is 3. The predicted octanol–water partition coefficient (Wildman–Crippen LogP) is 4.75. The van der Waals surface area contributed by atoms with Gasteiger partial charge < -0.3 is 20.7 Å². The monoisotopic (exact) mass is 482 g/mol. The smallest absolute Gasteiger partial charge is 0.315 e. The van der Waals surface area contributed by atoms with Gasteiger partial charge in [0.25, 0.3) is 0 Å². The van der Waals surface area contributed by atoms with E-state index < -0.39 is 5.60 Å². The molecule has 7 heteroatoms. The number of nitrogens with zero attached hydrogens (tertiary/aromatic N) is 1. The van der Waals surface area contributed by atoms with Gasteiger partial charge in [0.15, 0.2) is 0 Å². The van der Waals surface area contributed by atoms with E-state index in [0.717, 1.165) is 65.4 Å². The Labute approximate surface area is 190 Å².